The van der Waals surface area contributed by atoms with E-state index < -0.39 is 5.97 Å². The summed E-state index contributed by atoms with van der Waals surface area (Å²) in [5.74, 6) is -0.990. The standard InChI is InChI=1S/C13H16N2O3S/c1-19-12-10(3-2-7-14-12)13(18)15(9-4-5-9)8-6-11(16)17/h2-3,7,9H,4-6,8H2,1H3,(H,16,17). The average Bonchev–Trinajstić information content (AvgIpc) is 3.23. The molecule has 0 unspecified atom stereocenters. The van der Waals surface area contributed by atoms with Crippen LogP contribution in [0.25, 0.3) is 0 Å². The molecule has 102 valence electrons. The molecule has 1 N–H and O–H groups in total. The maximum Gasteiger partial charge on any atom is 0.305 e. The zero-order valence-corrected chi connectivity index (χ0v) is 11.5. The summed E-state index contributed by atoms with van der Waals surface area (Å²) >= 11 is 1.42. The SMILES string of the molecule is CSc1ncccc1C(=O)N(CCC(=O)O)C1CC1. The Balaban J connectivity index is 2.16. The van der Waals surface area contributed by atoms with Crippen molar-refractivity contribution in [3.05, 3.63) is 23.9 Å². The predicted molar refractivity (Wildman–Crippen MR) is 72.3 cm³/mol. The van der Waals surface area contributed by atoms with Gasteiger partial charge in [0.05, 0.1) is 12.0 Å². The lowest BCUT2D eigenvalue weighted by Gasteiger charge is -2.22. The van der Waals surface area contributed by atoms with Crippen LogP contribution in [-0.4, -0.2) is 45.7 Å². The molecule has 0 aliphatic heterocycles. The van der Waals surface area contributed by atoms with Gasteiger partial charge in [0, 0.05) is 18.8 Å². The van der Waals surface area contributed by atoms with E-state index in [0.717, 1.165) is 12.8 Å². The van der Waals surface area contributed by atoms with Crippen LogP contribution in [0.4, 0.5) is 0 Å². The van der Waals surface area contributed by atoms with Gasteiger partial charge in [-0.25, -0.2) is 4.98 Å². The summed E-state index contributed by atoms with van der Waals surface area (Å²) in [6, 6.07) is 3.67. The Hall–Kier alpha value is -1.56. The fraction of sp³-hybridized carbons (Fsp3) is 0.462. The quantitative estimate of drug-likeness (QED) is 0.806. The molecule has 0 aromatic carbocycles. The van der Waals surface area contributed by atoms with E-state index in [9.17, 15) is 9.59 Å². The van der Waals surface area contributed by atoms with Gasteiger partial charge in [0.1, 0.15) is 5.03 Å². The van der Waals surface area contributed by atoms with E-state index in [1.807, 2.05) is 6.26 Å². The Morgan fingerprint density at radius 3 is 2.84 bits per heavy atom. The molecule has 1 heterocycles. The largest absolute Gasteiger partial charge is 0.481 e. The molecule has 1 aliphatic rings. The first-order valence-electron chi connectivity index (χ1n) is 6.15. The van der Waals surface area contributed by atoms with Gasteiger partial charge in [-0.2, -0.15) is 0 Å². The van der Waals surface area contributed by atoms with E-state index >= 15 is 0 Å². The van der Waals surface area contributed by atoms with Crippen LogP contribution in [0.3, 0.4) is 0 Å². The van der Waals surface area contributed by atoms with Crippen molar-refractivity contribution in [1.29, 1.82) is 0 Å². The maximum atomic E-state index is 12.5. The van der Waals surface area contributed by atoms with Gasteiger partial charge in [-0.15, -0.1) is 11.8 Å². The smallest absolute Gasteiger partial charge is 0.305 e. The van der Waals surface area contributed by atoms with Crippen molar-refractivity contribution < 1.29 is 14.7 Å². The van der Waals surface area contributed by atoms with Crippen LogP contribution >= 0.6 is 11.8 Å². The first kappa shape index (κ1) is 13.9. The molecule has 0 radical (unpaired) electrons. The summed E-state index contributed by atoms with van der Waals surface area (Å²) in [6.45, 7) is 0.265. The Morgan fingerprint density at radius 2 is 2.26 bits per heavy atom. The number of carboxylic acid groups (broad SMARTS) is 1. The van der Waals surface area contributed by atoms with Crippen molar-refractivity contribution in [3.8, 4) is 0 Å². The number of carbonyl (C=O) groups excluding carboxylic acids is 1. The Morgan fingerprint density at radius 1 is 1.53 bits per heavy atom. The summed E-state index contributed by atoms with van der Waals surface area (Å²) in [5, 5.41) is 9.45. The number of thioether (sulfide) groups is 1. The highest BCUT2D eigenvalue weighted by atomic mass is 32.2. The van der Waals surface area contributed by atoms with Gasteiger partial charge in [-0.3, -0.25) is 9.59 Å². The molecule has 0 saturated heterocycles. The molecule has 1 aromatic rings. The molecule has 19 heavy (non-hydrogen) atoms. The first-order valence-corrected chi connectivity index (χ1v) is 7.37. The van der Waals surface area contributed by atoms with Crippen molar-refractivity contribution in [2.24, 2.45) is 0 Å². The summed E-state index contributed by atoms with van der Waals surface area (Å²) in [7, 11) is 0. The summed E-state index contributed by atoms with van der Waals surface area (Å²) in [6.07, 6.45) is 5.43. The van der Waals surface area contributed by atoms with Gasteiger partial charge < -0.3 is 10.0 Å². The number of nitrogens with zero attached hydrogens (tertiary/aromatic N) is 2. The molecule has 1 aliphatic carbocycles. The van der Waals surface area contributed by atoms with E-state index in [1.165, 1.54) is 11.8 Å². The number of rotatable bonds is 6. The molecule has 5 nitrogen and oxygen atoms in total. The van der Waals surface area contributed by atoms with E-state index in [2.05, 4.69) is 4.98 Å². The lowest BCUT2D eigenvalue weighted by molar-refractivity contribution is -0.137. The highest BCUT2D eigenvalue weighted by molar-refractivity contribution is 7.98. The highest BCUT2D eigenvalue weighted by Crippen LogP contribution is 2.29. The second-order valence-electron chi connectivity index (χ2n) is 4.43. The summed E-state index contributed by atoms with van der Waals surface area (Å²) in [4.78, 5) is 29.0. The highest BCUT2D eigenvalue weighted by Gasteiger charge is 2.34. The molecular weight excluding hydrogens is 264 g/mol. The lowest BCUT2D eigenvalue weighted by Crippen LogP contribution is -2.35. The predicted octanol–water partition coefficient (Wildman–Crippen LogP) is 1.88. The molecule has 6 heteroatoms. The first-order chi connectivity index (χ1) is 9.13. The molecular formula is C13H16N2O3S. The van der Waals surface area contributed by atoms with Gasteiger partial charge in [0.2, 0.25) is 0 Å². The number of carbonyl (C=O) groups is 2. The van der Waals surface area contributed by atoms with Crippen LogP contribution in [-0.2, 0) is 4.79 Å². The topological polar surface area (TPSA) is 70.5 Å². The second kappa shape index (κ2) is 6.06. The molecule has 1 aromatic heterocycles. The molecule has 1 amide bonds. The third-order valence-corrected chi connectivity index (χ3v) is 3.72. The third-order valence-electron chi connectivity index (χ3n) is 3.01. The molecule has 2 rings (SSSR count). The fourth-order valence-electron chi connectivity index (χ4n) is 1.92. The molecule has 1 fully saturated rings. The number of amides is 1. The number of pyridine rings is 1. The average molecular weight is 280 g/mol. The minimum atomic E-state index is -0.880. The number of carboxylic acids is 1. The van der Waals surface area contributed by atoms with Gasteiger partial charge in [0.15, 0.2) is 0 Å². The normalized spacial score (nSPS) is 14.2. The van der Waals surface area contributed by atoms with Gasteiger partial charge in [0.25, 0.3) is 5.91 Å². The minimum absolute atomic E-state index is 0.0168. The van der Waals surface area contributed by atoms with Crippen molar-refractivity contribution in [1.82, 2.24) is 9.88 Å². The van der Waals surface area contributed by atoms with Crippen molar-refractivity contribution in [3.63, 3.8) is 0 Å². The Kier molecular flexibility index (Phi) is 4.42. The molecule has 1 saturated carbocycles. The van der Waals surface area contributed by atoms with Crippen LogP contribution in [0.15, 0.2) is 23.4 Å². The Labute approximate surface area is 116 Å². The van der Waals surface area contributed by atoms with Crippen LogP contribution in [0.2, 0.25) is 0 Å². The van der Waals surface area contributed by atoms with Crippen LogP contribution in [0, 0.1) is 0 Å². The molecule has 0 atom stereocenters. The maximum absolute atomic E-state index is 12.5. The van der Waals surface area contributed by atoms with E-state index in [0.29, 0.717) is 10.6 Å². The number of aliphatic carboxylic acids is 1. The van der Waals surface area contributed by atoms with E-state index in [-0.39, 0.29) is 24.9 Å². The number of hydrogen-bond acceptors (Lipinski definition) is 4. The number of hydrogen-bond donors (Lipinski definition) is 1. The second-order valence-corrected chi connectivity index (χ2v) is 5.23. The van der Waals surface area contributed by atoms with Crippen molar-refractivity contribution >= 4 is 23.6 Å². The summed E-state index contributed by atoms with van der Waals surface area (Å²) in [5.41, 5.74) is 0.562. The number of aromatic nitrogens is 1. The van der Waals surface area contributed by atoms with Crippen molar-refractivity contribution in [2.45, 2.75) is 30.3 Å². The van der Waals surface area contributed by atoms with Gasteiger partial charge in [-0.05, 0) is 31.2 Å². The molecule has 0 spiro atoms. The third kappa shape index (κ3) is 3.47. The lowest BCUT2D eigenvalue weighted by atomic mass is 10.2. The summed E-state index contributed by atoms with van der Waals surface area (Å²) < 4.78 is 0. The van der Waals surface area contributed by atoms with Crippen molar-refractivity contribution in [2.75, 3.05) is 12.8 Å². The Bertz CT molecular complexity index is 489. The van der Waals surface area contributed by atoms with E-state index in [4.69, 9.17) is 5.11 Å². The van der Waals surface area contributed by atoms with Crippen LogP contribution < -0.4 is 0 Å². The minimum Gasteiger partial charge on any atom is -0.481 e. The van der Waals surface area contributed by atoms with Gasteiger partial charge >= 0.3 is 5.97 Å². The molecule has 0 bridgehead atoms. The van der Waals surface area contributed by atoms with Crippen LogP contribution in [0.1, 0.15) is 29.6 Å². The monoisotopic (exact) mass is 280 g/mol. The zero-order chi connectivity index (χ0) is 13.8. The fourth-order valence-corrected chi connectivity index (χ4v) is 2.46. The van der Waals surface area contributed by atoms with Gasteiger partial charge in [-0.1, -0.05) is 0 Å². The van der Waals surface area contributed by atoms with E-state index in [1.54, 1.807) is 23.2 Å². The zero-order valence-electron chi connectivity index (χ0n) is 10.7. The van der Waals surface area contributed by atoms with Crippen LogP contribution in [0.5, 0.6) is 0 Å².